The lowest BCUT2D eigenvalue weighted by atomic mass is 9.65. The molecule has 0 aromatic rings. The van der Waals surface area contributed by atoms with E-state index in [0.717, 1.165) is 12.8 Å². The number of hydrogen-bond acceptors (Lipinski definition) is 2. The van der Waals surface area contributed by atoms with E-state index in [2.05, 4.69) is 0 Å². The largest absolute Gasteiger partial charge is 0.481 e. The van der Waals surface area contributed by atoms with Gasteiger partial charge in [-0.25, -0.2) is 0 Å². The molecule has 0 amide bonds. The summed E-state index contributed by atoms with van der Waals surface area (Å²) in [7, 11) is 0. The molecule has 0 saturated carbocycles. The van der Waals surface area contributed by atoms with E-state index in [9.17, 15) is 19.8 Å². The molecule has 0 heterocycles. The number of aliphatic carboxylic acids is 2. The highest BCUT2D eigenvalue weighted by Crippen LogP contribution is 2.43. The smallest absolute Gasteiger partial charge is 0.318 e. The second-order valence-corrected chi connectivity index (χ2v) is 4.72. The molecule has 100 valence electrons. The third-order valence-corrected chi connectivity index (χ3v) is 3.60. The van der Waals surface area contributed by atoms with Gasteiger partial charge in [-0.2, -0.15) is 0 Å². The Morgan fingerprint density at radius 3 is 2.61 bits per heavy atom. The fourth-order valence-electron chi connectivity index (χ4n) is 2.52. The van der Waals surface area contributed by atoms with Gasteiger partial charge in [-0.3, -0.25) is 9.59 Å². The second-order valence-electron chi connectivity index (χ2n) is 4.72. The SMILES string of the molecule is CCCC=C(C)C1(C(=O)O)C=CCCC1C(=O)O. The van der Waals surface area contributed by atoms with E-state index in [1.165, 1.54) is 0 Å². The monoisotopic (exact) mass is 252 g/mol. The number of unbranched alkanes of at least 4 members (excludes halogenated alkanes) is 1. The molecule has 2 atom stereocenters. The van der Waals surface area contributed by atoms with Crippen molar-refractivity contribution in [2.75, 3.05) is 0 Å². The van der Waals surface area contributed by atoms with Crippen molar-refractivity contribution in [1.82, 2.24) is 0 Å². The first-order chi connectivity index (χ1) is 8.46. The van der Waals surface area contributed by atoms with Gasteiger partial charge in [0, 0.05) is 0 Å². The molecule has 1 aliphatic rings. The van der Waals surface area contributed by atoms with E-state index in [1.54, 1.807) is 19.1 Å². The minimum atomic E-state index is -1.38. The average Bonchev–Trinajstić information content (AvgIpc) is 2.35. The Kier molecular flexibility index (Phi) is 4.70. The van der Waals surface area contributed by atoms with E-state index in [4.69, 9.17) is 0 Å². The molecule has 1 aliphatic carbocycles. The Morgan fingerprint density at radius 1 is 1.44 bits per heavy atom. The van der Waals surface area contributed by atoms with Gasteiger partial charge >= 0.3 is 11.9 Å². The van der Waals surface area contributed by atoms with Crippen molar-refractivity contribution in [1.29, 1.82) is 0 Å². The van der Waals surface area contributed by atoms with E-state index < -0.39 is 23.3 Å². The van der Waals surface area contributed by atoms with Crippen LogP contribution in [0.25, 0.3) is 0 Å². The summed E-state index contributed by atoms with van der Waals surface area (Å²) in [5, 5.41) is 18.8. The minimum absolute atomic E-state index is 0.370. The lowest BCUT2D eigenvalue weighted by Crippen LogP contribution is -2.43. The molecule has 0 radical (unpaired) electrons. The number of hydrogen-bond donors (Lipinski definition) is 2. The maximum Gasteiger partial charge on any atom is 0.318 e. The molecule has 0 aromatic heterocycles. The van der Waals surface area contributed by atoms with Gasteiger partial charge in [-0.15, -0.1) is 0 Å². The number of allylic oxidation sites excluding steroid dienone is 2. The number of carboxylic acids is 2. The maximum absolute atomic E-state index is 11.6. The Labute approximate surface area is 107 Å². The predicted octanol–water partition coefficient (Wildman–Crippen LogP) is 2.85. The molecule has 2 N–H and O–H groups in total. The molecule has 0 fully saturated rings. The van der Waals surface area contributed by atoms with Crippen LogP contribution in [0.1, 0.15) is 39.5 Å². The molecule has 0 saturated heterocycles. The van der Waals surface area contributed by atoms with Crippen molar-refractivity contribution in [3.8, 4) is 0 Å². The molecule has 1 rings (SSSR count). The van der Waals surface area contributed by atoms with Crippen LogP contribution in [-0.4, -0.2) is 22.2 Å². The summed E-state index contributed by atoms with van der Waals surface area (Å²) < 4.78 is 0. The van der Waals surface area contributed by atoms with Gasteiger partial charge in [0.25, 0.3) is 0 Å². The van der Waals surface area contributed by atoms with Crippen LogP contribution in [-0.2, 0) is 9.59 Å². The Hall–Kier alpha value is -1.58. The topological polar surface area (TPSA) is 74.6 Å². The van der Waals surface area contributed by atoms with Gasteiger partial charge < -0.3 is 10.2 Å². The van der Waals surface area contributed by atoms with Crippen LogP contribution in [0, 0.1) is 11.3 Å². The van der Waals surface area contributed by atoms with Gasteiger partial charge in [-0.1, -0.05) is 37.1 Å². The molecule has 0 bridgehead atoms. The van der Waals surface area contributed by atoms with Crippen molar-refractivity contribution >= 4 is 11.9 Å². The van der Waals surface area contributed by atoms with Crippen LogP contribution in [0.15, 0.2) is 23.8 Å². The van der Waals surface area contributed by atoms with E-state index in [1.807, 2.05) is 13.0 Å². The van der Waals surface area contributed by atoms with Gasteiger partial charge in [0.15, 0.2) is 0 Å². The van der Waals surface area contributed by atoms with Crippen LogP contribution in [0.5, 0.6) is 0 Å². The maximum atomic E-state index is 11.6. The number of carboxylic acid groups (broad SMARTS) is 2. The van der Waals surface area contributed by atoms with Crippen molar-refractivity contribution in [3.05, 3.63) is 23.8 Å². The fraction of sp³-hybridized carbons (Fsp3) is 0.571. The first kappa shape index (κ1) is 14.5. The molecular formula is C14H20O4. The zero-order valence-corrected chi connectivity index (χ0v) is 10.8. The average molecular weight is 252 g/mol. The van der Waals surface area contributed by atoms with Crippen molar-refractivity contribution < 1.29 is 19.8 Å². The quantitative estimate of drug-likeness (QED) is 0.738. The molecule has 2 unspecified atom stereocenters. The summed E-state index contributed by atoms with van der Waals surface area (Å²) in [6, 6.07) is 0. The third kappa shape index (κ3) is 2.47. The van der Waals surface area contributed by atoms with Crippen molar-refractivity contribution in [2.24, 2.45) is 11.3 Å². The summed E-state index contributed by atoms with van der Waals surface area (Å²) in [6.45, 7) is 3.72. The van der Waals surface area contributed by atoms with Gasteiger partial charge in [0.1, 0.15) is 5.41 Å². The highest BCUT2D eigenvalue weighted by molar-refractivity contribution is 5.88. The zero-order chi connectivity index (χ0) is 13.8. The molecule has 18 heavy (non-hydrogen) atoms. The Bertz CT molecular complexity index is 395. The van der Waals surface area contributed by atoms with Crippen LogP contribution in [0.2, 0.25) is 0 Å². The van der Waals surface area contributed by atoms with Crippen LogP contribution < -0.4 is 0 Å². The number of rotatable bonds is 5. The Balaban J connectivity index is 3.27. The van der Waals surface area contributed by atoms with E-state index in [0.29, 0.717) is 18.4 Å². The highest BCUT2D eigenvalue weighted by Gasteiger charge is 2.49. The summed E-state index contributed by atoms with van der Waals surface area (Å²) in [5.74, 6) is -2.99. The summed E-state index contributed by atoms with van der Waals surface area (Å²) in [4.78, 5) is 23.0. The normalized spacial score (nSPS) is 28.1. The van der Waals surface area contributed by atoms with E-state index in [-0.39, 0.29) is 0 Å². The van der Waals surface area contributed by atoms with E-state index >= 15 is 0 Å². The van der Waals surface area contributed by atoms with Gasteiger partial charge in [0.2, 0.25) is 0 Å². The molecule has 0 aromatic carbocycles. The Morgan fingerprint density at radius 2 is 2.11 bits per heavy atom. The van der Waals surface area contributed by atoms with Crippen molar-refractivity contribution in [3.63, 3.8) is 0 Å². The van der Waals surface area contributed by atoms with Crippen molar-refractivity contribution in [2.45, 2.75) is 39.5 Å². The standard InChI is InChI=1S/C14H20O4/c1-3-4-7-10(2)14(13(17)18)9-6-5-8-11(14)12(15)16/h6-7,9,11H,3-5,8H2,1-2H3,(H,15,16)(H,17,18). The molecule has 4 nitrogen and oxygen atoms in total. The molecular weight excluding hydrogens is 232 g/mol. The fourth-order valence-corrected chi connectivity index (χ4v) is 2.52. The lowest BCUT2D eigenvalue weighted by molar-refractivity contribution is -0.157. The summed E-state index contributed by atoms with van der Waals surface area (Å²) in [6.07, 6.45) is 7.84. The van der Waals surface area contributed by atoms with Crippen LogP contribution in [0.4, 0.5) is 0 Å². The predicted molar refractivity (Wildman–Crippen MR) is 68.2 cm³/mol. The molecule has 0 spiro atoms. The second kappa shape index (κ2) is 5.85. The van der Waals surface area contributed by atoms with Crippen LogP contribution in [0.3, 0.4) is 0 Å². The first-order valence-corrected chi connectivity index (χ1v) is 6.28. The highest BCUT2D eigenvalue weighted by atomic mass is 16.4. The summed E-state index contributed by atoms with van der Waals surface area (Å²) >= 11 is 0. The molecule has 4 heteroatoms. The minimum Gasteiger partial charge on any atom is -0.481 e. The zero-order valence-electron chi connectivity index (χ0n) is 10.8. The van der Waals surface area contributed by atoms with Gasteiger partial charge in [0.05, 0.1) is 5.92 Å². The molecule has 0 aliphatic heterocycles. The summed E-state index contributed by atoms with van der Waals surface area (Å²) in [5.41, 5.74) is -0.751. The number of carbonyl (C=O) groups is 2. The lowest BCUT2D eigenvalue weighted by Gasteiger charge is -2.35. The van der Waals surface area contributed by atoms with Crippen LogP contribution >= 0.6 is 0 Å². The van der Waals surface area contributed by atoms with Gasteiger partial charge in [-0.05, 0) is 26.2 Å². The third-order valence-electron chi connectivity index (χ3n) is 3.60. The first-order valence-electron chi connectivity index (χ1n) is 6.28.